The van der Waals surface area contributed by atoms with Gasteiger partial charge in [0.05, 0.1) is 17.5 Å². The van der Waals surface area contributed by atoms with Gasteiger partial charge in [0.15, 0.2) is 0 Å². The van der Waals surface area contributed by atoms with Crippen molar-refractivity contribution >= 4 is 39.7 Å². The molecule has 1 aliphatic heterocycles. The molecule has 6 nitrogen and oxygen atoms in total. The molecule has 0 aliphatic carbocycles. The maximum Gasteiger partial charge on any atom is 0.240 e. The van der Waals surface area contributed by atoms with Crippen molar-refractivity contribution in [3.8, 4) is 0 Å². The van der Waals surface area contributed by atoms with Crippen molar-refractivity contribution in [1.29, 1.82) is 0 Å². The molecule has 1 amide bonds. The van der Waals surface area contributed by atoms with Gasteiger partial charge in [-0.3, -0.25) is 9.10 Å². The third kappa shape index (κ3) is 3.87. The lowest BCUT2D eigenvalue weighted by atomic mass is 10.1. The van der Waals surface area contributed by atoms with E-state index in [0.717, 1.165) is 5.56 Å². The molecule has 1 aromatic rings. The lowest BCUT2D eigenvalue weighted by Gasteiger charge is -2.20. The summed E-state index contributed by atoms with van der Waals surface area (Å²) < 4.78 is 25.4. The highest BCUT2D eigenvalue weighted by atomic mass is 35.5. The van der Waals surface area contributed by atoms with Crippen molar-refractivity contribution in [2.75, 3.05) is 21.9 Å². The number of nitrogens with zero attached hydrogens (tertiary/aromatic N) is 1. The molecular formula is C13H20ClN3O3S. The third-order valence-corrected chi connectivity index (χ3v) is 5.11. The van der Waals surface area contributed by atoms with Gasteiger partial charge >= 0.3 is 0 Å². The first kappa shape index (κ1) is 17.7. The standard InChI is InChI=1S/C13H19N3O3S.ClH/c1-9-4-5-11(15-13(17)10(2)14)8-12(9)16-6-3-7-20(16,18)19;/h4-5,8,10H,3,6-7,14H2,1-2H3,(H,15,17);1H/t10-;/m0./s1. The molecule has 0 unspecified atom stereocenters. The van der Waals surface area contributed by atoms with E-state index in [1.54, 1.807) is 25.1 Å². The van der Waals surface area contributed by atoms with E-state index in [2.05, 4.69) is 5.32 Å². The number of carbonyl (C=O) groups is 1. The highest BCUT2D eigenvalue weighted by Gasteiger charge is 2.29. The predicted molar refractivity (Wildman–Crippen MR) is 86.5 cm³/mol. The number of nitrogens with two attached hydrogens (primary N) is 1. The van der Waals surface area contributed by atoms with Gasteiger partial charge in [0.25, 0.3) is 0 Å². The summed E-state index contributed by atoms with van der Waals surface area (Å²) in [5.74, 6) is -0.132. The Morgan fingerprint density at radius 2 is 2.10 bits per heavy atom. The predicted octanol–water partition coefficient (Wildman–Crippen LogP) is 1.24. The molecule has 1 atom stereocenters. The lowest BCUT2D eigenvalue weighted by Crippen LogP contribution is -2.32. The highest BCUT2D eigenvalue weighted by molar-refractivity contribution is 7.93. The Labute approximate surface area is 131 Å². The SMILES string of the molecule is Cc1ccc(NC(=O)[C@H](C)N)cc1N1CCCS1(=O)=O.Cl. The molecule has 1 heterocycles. The first-order valence-electron chi connectivity index (χ1n) is 6.49. The summed E-state index contributed by atoms with van der Waals surface area (Å²) in [6.45, 7) is 3.92. The van der Waals surface area contributed by atoms with Crippen LogP contribution in [-0.4, -0.2) is 32.7 Å². The van der Waals surface area contributed by atoms with Crippen LogP contribution < -0.4 is 15.4 Å². The smallest absolute Gasteiger partial charge is 0.240 e. The fraction of sp³-hybridized carbons (Fsp3) is 0.462. The summed E-state index contributed by atoms with van der Waals surface area (Å²) in [5.41, 5.74) is 7.52. The minimum Gasteiger partial charge on any atom is -0.325 e. The van der Waals surface area contributed by atoms with Gasteiger partial charge in [0.1, 0.15) is 0 Å². The van der Waals surface area contributed by atoms with Crippen molar-refractivity contribution in [3.05, 3.63) is 23.8 Å². The van der Waals surface area contributed by atoms with Crippen LogP contribution in [0.25, 0.3) is 0 Å². The van der Waals surface area contributed by atoms with Crippen molar-refractivity contribution in [2.24, 2.45) is 5.73 Å². The van der Waals surface area contributed by atoms with Crippen LogP contribution in [0.1, 0.15) is 18.9 Å². The quantitative estimate of drug-likeness (QED) is 0.870. The van der Waals surface area contributed by atoms with Gasteiger partial charge < -0.3 is 11.1 Å². The molecule has 1 aliphatic rings. The highest BCUT2D eigenvalue weighted by Crippen LogP contribution is 2.29. The summed E-state index contributed by atoms with van der Waals surface area (Å²) in [6.07, 6.45) is 0.623. The molecular weight excluding hydrogens is 314 g/mol. The number of hydrogen-bond acceptors (Lipinski definition) is 4. The number of anilines is 2. The summed E-state index contributed by atoms with van der Waals surface area (Å²) in [5, 5.41) is 2.67. The van der Waals surface area contributed by atoms with Crippen LogP contribution in [0.3, 0.4) is 0 Å². The molecule has 2 rings (SSSR count). The molecule has 21 heavy (non-hydrogen) atoms. The number of benzene rings is 1. The summed E-state index contributed by atoms with van der Waals surface area (Å²) in [7, 11) is -3.23. The monoisotopic (exact) mass is 333 g/mol. The number of aryl methyl sites for hydroxylation is 1. The van der Waals surface area contributed by atoms with E-state index in [0.29, 0.717) is 24.3 Å². The minimum atomic E-state index is -3.23. The molecule has 1 saturated heterocycles. The van der Waals surface area contributed by atoms with Crippen molar-refractivity contribution < 1.29 is 13.2 Å². The van der Waals surface area contributed by atoms with Crippen molar-refractivity contribution in [1.82, 2.24) is 0 Å². The third-order valence-electron chi connectivity index (χ3n) is 3.26. The fourth-order valence-electron chi connectivity index (χ4n) is 2.12. The van der Waals surface area contributed by atoms with Gasteiger partial charge in [-0.15, -0.1) is 12.4 Å². The Balaban J connectivity index is 0.00000220. The van der Waals surface area contributed by atoms with Gasteiger partial charge in [0.2, 0.25) is 15.9 Å². The van der Waals surface area contributed by atoms with Gasteiger partial charge in [-0.05, 0) is 38.0 Å². The normalized spacial score (nSPS) is 18.0. The Morgan fingerprint density at radius 3 is 2.62 bits per heavy atom. The number of halogens is 1. The van der Waals surface area contributed by atoms with Crippen LogP contribution in [0.2, 0.25) is 0 Å². The van der Waals surface area contributed by atoms with E-state index in [9.17, 15) is 13.2 Å². The molecule has 8 heteroatoms. The number of hydrogen-bond donors (Lipinski definition) is 2. The van der Waals surface area contributed by atoms with Crippen LogP contribution in [-0.2, 0) is 14.8 Å². The second-order valence-electron chi connectivity index (χ2n) is 5.02. The first-order chi connectivity index (χ1) is 9.31. The van der Waals surface area contributed by atoms with E-state index >= 15 is 0 Å². The topological polar surface area (TPSA) is 92.5 Å². The molecule has 1 fully saturated rings. The van der Waals surface area contributed by atoms with Crippen LogP contribution in [0.4, 0.5) is 11.4 Å². The number of amides is 1. The molecule has 118 valence electrons. The first-order valence-corrected chi connectivity index (χ1v) is 8.10. The molecule has 0 spiro atoms. The average Bonchev–Trinajstić information content (AvgIpc) is 2.71. The van der Waals surface area contributed by atoms with Gasteiger partial charge in [0, 0.05) is 12.2 Å². The molecule has 1 aromatic carbocycles. The molecule has 0 saturated carbocycles. The zero-order valence-corrected chi connectivity index (χ0v) is 13.6. The zero-order chi connectivity index (χ0) is 14.9. The van der Waals surface area contributed by atoms with E-state index in [1.807, 2.05) is 6.92 Å². The van der Waals surface area contributed by atoms with Crippen molar-refractivity contribution in [3.63, 3.8) is 0 Å². The Bertz CT molecular complexity index is 632. The fourth-order valence-corrected chi connectivity index (χ4v) is 3.74. The van der Waals surface area contributed by atoms with E-state index in [1.165, 1.54) is 4.31 Å². The van der Waals surface area contributed by atoms with Crippen LogP contribution in [0, 0.1) is 6.92 Å². The van der Waals surface area contributed by atoms with Gasteiger partial charge in [-0.2, -0.15) is 0 Å². The minimum absolute atomic E-state index is 0. The van der Waals surface area contributed by atoms with Gasteiger partial charge in [-0.1, -0.05) is 6.07 Å². The zero-order valence-electron chi connectivity index (χ0n) is 12.0. The van der Waals surface area contributed by atoms with Crippen LogP contribution in [0.5, 0.6) is 0 Å². The molecule has 0 aromatic heterocycles. The molecule has 0 bridgehead atoms. The maximum absolute atomic E-state index is 12.0. The number of rotatable bonds is 3. The Kier molecular flexibility index (Phi) is 5.61. The average molecular weight is 334 g/mol. The molecule has 3 N–H and O–H groups in total. The van der Waals surface area contributed by atoms with Crippen LogP contribution >= 0.6 is 12.4 Å². The molecule has 0 radical (unpaired) electrons. The number of sulfonamides is 1. The lowest BCUT2D eigenvalue weighted by molar-refractivity contribution is -0.117. The van der Waals surface area contributed by atoms with E-state index < -0.39 is 16.1 Å². The van der Waals surface area contributed by atoms with Crippen LogP contribution in [0.15, 0.2) is 18.2 Å². The number of nitrogens with one attached hydrogen (secondary N) is 1. The van der Waals surface area contributed by atoms with E-state index in [4.69, 9.17) is 5.73 Å². The van der Waals surface area contributed by atoms with Crippen molar-refractivity contribution in [2.45, 2.75) is 26.3 Å². The summed E-state index contributed by atoms with van der Waals surface area (Å²) >= 11 is 0. The summed E-state index contributed by atoms with van der Waals surface area (Å²) in [6, 6.07) is 4.59. The maximum atomic E-state index is 12.0. The largest absolute Gasteiger partial charge is 0.325 e. The Morgan fingerprint density at radius 1 is 1.43 bits per heavy atom. The summed E-state index contributed by atoms with van der Waals surface area (Å²) in [4.78, 5) is 11.6. The second kappa shape index (κ2) is 6.64. The second-order valence-corrected chi connectivity index (χ2v) is 7.03. The van der Waals surface area contributed by atoms with Gasteiger partial charge in [-0.25, -0.2) is 8.42 Å². The van der Waals surface area contributed by atoms with E-state index in [-0.39, 0.29) is 24.1 Å². The number of carbonyl (C=O) groups excluding carboxylic acids is 1. The Hall–Kier alpha value is -1.31.